The Balaban J connectivity index is 2.16. The zero-order valence-corrected chi connectivity index (χ0v) is 8.74. The minimum absolute atomic E-state index is 0.145. The van der Waals surface area contributed by atoms with E-state index in [-0.39, 0.29) is 11.9 Å². The van der Waals surface area contributed by atoms with E-state index >= 15 is 0 Å². The van der Waals surface area contributed by atoms with E-state index in [9.17, 15) is 9.50 Å². The lowest BCUT2D eigenvalue weighted by Gasteiger charge is -2.29. The number of aliphatic hydroxyl groups excluding tert-OH is 1. The lowest BCUT2D eigenvalue weighted by Crippen LogP contribution is -2.34. The summed E-state index contributed by atoms with van der Waals surface area (Å²) >= 11 is 0. The number of fused-ring (bicyclic) bond motifs is 1. The third kappa shape index (κ3) is 2.12. The van der Waals surface area contributed by atoms with E-state index in [2.05, 4.69) is 0 Å². The highest BCUT2D eigenvalue weighted by Crippen LogP contribution is 2.29. The second kappa shape index (κ2) is 4.19. The average Bonchev–Trinajstić information content (AvgIpc) is 2.27. The van der Waals surface area contributed by atoms with Gasteiger partial charge in [-0.3, -0.25) is 0 Å². The van der Waals surface area contributed by atoms with Crippen LogP contribution in [0.3, 0.4) is 0 Å². The fourth-order valence-corrected chi connectivity index (χ4v) is 1.91. The molecule has 2 rings (SSSR count). The summed E-state index contributed by atoms with van der Waals surface area (Å²) in [4.78, 5) is 0. The molecule has 2 nitrogen and oxygen atoms in total. The van der Waals surface area contributed by atoms with Gasteiger partial charge in [0, 0.05) is 0 Å². The summed E-state index contributed by atoms with van der Waals surface area (Å²) in [5.74, 6) is 0.479. The third-order valence-electron chi connectivity index (χ3n) is 2.85. The fourth-order valence-electron chi connectivity index (χ4n) is 1.91. The molecule has 2 atom stereocenters. The zero-order chi connectivity index (χ0) is 10.8. The molecule has 0 fully saturated rings. The minimum Gasteiger partial charge on any atom is -0.487 e. The maximum Gasteiger partial charge on any atom is 0.125 e. The molecule has 0 saturated carbocycles. The SMILES string of the molecule is CC[C@H](O)[C@H]1CCc2cc(F)ccc2O1. The van der Waals surface area contributed by atoms with Gasteiger partial charge in [0.25, 0.3) is 0 Å². The van der Waals surface area contributed by atoms with E-state index in [1.165, 1.54) is 12.1 Å². The summed E-state index contributed by atoms with van der Waals surface area (Å²) in [6.07, 6.45) is 1.64. The number of aryl methyl sites for hydroxylation is 1. The van der Waals surface area contributed by atoms with E-state index in [0.717, 1.165) is 18.4 Å². The first-order valence-electron chi connectivity index (χ1n) is 5.34. The highest BCUT2D eigenvalue weighted by atomic mass is 19.1. The molecule has 0 spiro atoms. The van der Waals surface area contributed by atoms with Gasteiger partial charge in [-0.15, -0.1) is 0 Å². The number of ether oxygens (including phenoxy) is 1. The van der Waals surface area contributed by atoms with Crippen molar-refractivity contribution in [2.45, 2.75) is 38.4 Å². The molecule has 1 N–H and O–H groups in total. The molecule has 0 bridgehead atoms. The van der Waals surface area contributed by atoms with Crippen molar-refractivity contribution in [3.63, 3.8) is 0 Å². The first-order valence-corrected chi connectivity index (χ1v) is 5.34. The molecule has 1 aliphatic heterocycles. The molecule has 1 aromatic carbocycles. The molecule has 1 aliphatic rings. The molecule has 3 heteroatoms. The Morgan fingerprint density at radius 1 is 1.60 bits per heavy atom. The Morgan fingerprint density at radius 2 is 2.40 bits per heavy atom. The fraction of sp³-hybridized carbons (Fsp3) is 0.500. The van der Waals surface area contributed by atoms with Crippen molar-refractivity contribution < 1.29 is 14.2 Å². The predicted molar refractivity (Wildman–Crippen MR) is 55.4 cm³/mol. The lowest BCUT2D eigenvalue weighted by molar-refractivity contribution is 0.0219. The summed E-state index contributed by atoms with van der Waals surface area (Å²) in [5.41, 5.74) is 0.898. The Kier molecular flexibility index (Phi) is 2.91. The van der Waals surface area contributed by atoms with Crippen LogP contribution < -0.4 is 4.74 Å². The monoisotopic (exact) mass is 210 g/mol. The number of rotatable bonds is 2. The number of benzene rings is 1. The van der Waals surface area contributed by atoms with Gasteiger partial charge in [0.15, 0.2) is 0 Å². The topological polar surface area (TPSA) is 29.5 Å². The normalized spacial score (nSPS) is 21.7. The van der Waals surface area contributed by atoms with Gasteiger partial charge < -0.3 is 9.84 Å². The number of hydrogen-bond acceptors (Lipinski definition) is 2. The minimum atomic E-state index is -0.428. The molecular formula is C12H15FO2. The molecule has 0 unspecified atom stereocenters. The standard InChI is InChI=1S/C12H15FO2/c1-2-10(14)12-5-3-8-7-9(13)4-6-11(8)15-12/h4,6-7,10,12,14H,2-3,5H2,1H3/t10-,12+/m0/s1. The maximum atomic E-state index is 12.9. The summed E-state index contributed by atoms with van der Waals surface area (Å²) < 4.78 is 18.5. The predicted octanol–water partition coefficient (Wildman–Crippen LogP) is 2.29. The molecule has 1 heterocycles. The highest BCUT2D eigenvalue weighted by molar-refractivity contribution is 5.35. The molecule has 15 heavy (non-hydrogen) atoms. The van der Waals surface area contributed by atoms with Crippen molar-refractivity contribution in [1.29, 1.82) is 0 Å². The molecule has 1 aromatic rings. The first-order chi connectivity index (χ1) is 7.20. The van der Waals surface area contributed by atoms with Crippen LogP contribution >= 0.6 is 0 Å². The molecule has 0 aromatic heterocycles. The smallest absolute Gasteiger partial charge is 0.125 e. The Labute approximate surface area is 88.7 Å². The second-order valence-corrected chi connectivity index (χ2v) is 3.92. The third-order valence-corrected chi connectivity index (χ3v) is 2.85. The second-order valence-electron chi connectivity index (χ2n) is 3.92. The van der Waals surface area contributed by atoms with Gasteiger partial charge in [-0.25, -0.2) is 4.39 Å². The summed E-state index contributed by atoms with van der Waals surface area (Å²) in [6.45, 7) is 1.92. The Hall–Kier alpha value is -1.09. The van der Waals surface area contributed by atoms with Crippen LogP contribution in [-0.2, 0) is 6.42 Å². The van der Waals surface area contributed by atoms with Crippen LogP contribution in [0.4, 0.5) is 4.39 Å². The molecule has 0 saturated heterocycles. The summed E-state index contributed by atoms with van der Waals surface area (Å²) in [6, 6.07) is 4.53. The van der Waals surface area contributed by atoms with E-state index in [1.807, 2.05) is 6.92 Å². The molecular weight excluding hydrogens is 195 g/mol. The van der Waals surface area contributed by atoms with Gasteiger partial charge in [-0.1, -0.05) is 6.92 Å². The van der Waals surface area contributed by atoms with Gasteiger partial charge in [-0.05, 0) is 43.0 Å². The molecule has 0 radical (unpaired) electrons. The molecule has 82 valence electrons. The van der Waals surface area contributed by atoms with Crippen molar-refractivity contribution >= 4 is 0 Å². The number of halogens is 1. The van der Waals surface area contributed by atoms with Crippen LogP contribution in [0.2, 0.25) is 0 Å². The van der Waals surface area contributed by atoms with E-state index in [4.69, 9.17) is 4.74 Å². The number of aliphatic hydroxyl groups is 1. The van der Waals surface area contributed by atoms with Crippen LogP contribution in [-0.4, -0.2) is 17.3 Å². The van der Waals surface area contributed by atoms with Gasteiger partial charge in [0.1, 0.15) is 17.7 Å². The molecule has 0 amide bonds. The quantitative estimate of drug-likeness (QED) is 0.811. The van der Waals surface area contributed by atoms with Crippen molar-refractivity contribution in [1.82, 2.24) is 0 Å². The summed E-state index contributed by atoms with van der Waals surface area (Å²) in [7, 11) is 0. The van der Waals surface area contributed by atoms with E-state index in [0.29, 0.717) is 12.2 Å². The maximum absolute atomic E-state index is 12.9. The van der Waals surface area contributed by atoms with Gasteiger partial charge in [0.05, 0.1) is 6.10 Å². The van der Waals surface area contributed by atoms with Crippen LogP contribution in [0.5, 0.6) is 5.75 Å². The van der Waals surface area contributed by atoms with Crippen LogP contribution in [0, 0.1) is 5.82 Å². The van der Waals surface area contributed by atoms with Crippen LogP contribution in [0.15, 0.2) is 18.2 Å². The summed E-state index contributed by atoms with van der Waals surface area (Å²) in [5, 5.41) is 9.66. The van der Waals surface area contributed by atoms with Crippen molar-refractivity contribution in [3.8, 4) is 5.75 Å². The van der Waals surface area contributed by atoms with Crippen molar-refractivity contribution in [3.05, 3.63) is 29.6 Å². The Bertz CT molecular complexity index is 351. The highest BCUT2D eigenvalue weighted by Gasteiger charge is 2.25. The van der Waals surface area contributed by atoms with E-state index < -0.39 is 6.10 Å². The van der Waals surface area contributed by atoms with Crippen LogP contribution in [0.25, 0.3) is 0 Å². The van der Waals surface area contributed by atoms with Gasteiger partial charge >= 0.3 is 0 Å². The van der Waals surface area contributed by atoms with Gasteiger partial charge in [-0.2, -0.15) is 0 Å². The van der Waals surface area contributed by atoms with Crippen LogP contribution in [0.1, 0.15) is 25.3 Å². The molecule has 0 aliphatic carbocycles. The van der Waals surface area contributed by atoms with Crippen molar-refractivity contribution in [2.75, 3.05) is 0 Å². The van der Waals surface area contributed by atoms with E-state index in [1.54, 1.807) is 6.07 Å². The van der Waals surface area contributed by atoms with Crippen molar-refractivity contribution in [2.24, 2.45) is 0 Å². The zero-order valence-electron chi connectivity index (χ0n) is 8.74. The lowest BCUT2D eigenvalue weighted by atomic mass is 9.98. The van der Waals surface area contributed by atoms with Gasteiger partial charge in [0.2, 0.25) is 0 Å². The Morgan fingerprint density at radius 3 is 3.13 bits per heavy atom. The average molecular weight is 210 g/mol. The first kappa shape index (κ1) is 10.4. The largest absolute Gasteiger partial charge is 0.487 e. The number of hydrogen-bond donors (Lipinski definition) is 1.